The fourth-order valence-electron chi connectivity index (χ4n) is 7.85. The zero-order valence-electron chi connectivity index (χ0n) is 33.8. The van der Waals surface area contributed by atoms with Gasteiger partial charge in [0.1, 0.15) is 0 Å². The Bertz CT molecular complexity index is 2550. The molecule has 2 aromatic heterocycles. The number of rotatable bonds is 6. The Morgan fingerprint density at radius 3 is 0.930 bits per heavy atom. The van der Waals surface area contributed by atoms with Crippen LogP contribution in [0.3, 0.4) is 0 Å². The molecule has 2 heterocycles. The first-order valence-electron chi connectivity index (χ1n) is 19.6. The maximum atomic E-state index is 6.27. The predicted octanol–water partition coefficient (Wildman–Crippen LogP) is 13.4. The minimum atomic E-state index is -0.287. The van der Waals surface area contributed by atoms with Gasteiger partial charge in [0.2, 0.25) is 23.6 Å². The molecule has 0 aliphatic heterocycles. The molecule has 0 saturated carbocycles. The summed E-state index contributed by atoms with van der Waals surface area (Å²) in [4.78, 5) is 0. The summed E-state index contributed by atoms with van der Waals surface area (Å²) in [6.07, 6.45) is 0. The second-order valence-electron chi connectivity index (χ2n) is 17.8. The van der Waals surface area contributed by atoms with Gasteiger partial charge in [-0.05, 0) is 115 Å². The number of benzene rings is 6. The summed E-state index contributed by atoms with van der Waals surface area (Å²) < 4.78 is 12.5. The lowest BCUT2D eigenvalue weighted by Crippen LogP contribution is -2.15. The molecular formula is C51H46N4O2. The average molecular weight is 747 g/mol. The van der Waals surface area contributed by atoms with E-state index in [1.807, 2.05) is 24.3 Å². The van der Waals surface area contributed by atoms with Crippen LogP contribution in [0.5, 0.6) is 0 Å². The third-order valence-corrected chi connectivity index (χ3v) is 11.5. The molecule has 6 heteroatoms. The third kappa shape index (κ3) is 6.69. The molecule has 0 spiro atoms. The van der Waals surface area contributed by atoms with Gasteiger partial charge in [0.15, 0.2) is 0 Å². The van der Waals surface area contributed by atoms with Crippen molar-refractivity contribution in [1.82, 2.24) is 20.4 Å². The monoisotopic (exact) mass is 746 g/mol. The quantitative estimate of drug-likeness (QED) is 0.169. The minimum absolute atomic E-state index is 0.122. The van der Waals surface area contributed by atoms with Crippen LogP contribution in [-0.4, -0.2) is 20.4 Å². The Morgan fingerprint density at radius 1 is 0.351 bits per heavy atom. The molecule has 0 fully saturated rings. The lowest BCUT2D eigenvalue weighted by atomic mass is 9.81. The van der Waals surface area contributed by atoms with Crippen LogP contribution in [0.4, 0.5) is 0 Å². The summed E-state index contributed by atoms with van der Waals surface area (Å²) in [5, 5.41) is 17.8. The topological polar surface area (TPSA) is 77.8 Å². The highest BCUT2D eigenvalue weighted by Crippen LogP contribution is 2.50. The van der Waals surface area contributed by atoms with Crippen LogP contribution in [0.15, 0.2) is 142 Å². The third-order valence-electron chi connectivity index (χ3n) is 11.5. The molecule has 57 heavy (non-hydrogen) atoms. The molecule has 1 aliphatic rings. The lowest BCUT2D eigenvalue weighted by Gasteiger charge is -2.22. The Hall–Kier alpha value is -6.40. The highest BCUT2D eigenvalue weighted by Gasteiger charge is 2.36. The van der Waals surface area contributed by atoms with E-state index in [0.29, 0.717) is 23.6 Å². The van der Waals surface area contributed by atoms with Crippen LogP contribution >= 0.6 is 0 Å². The highest BCUT2D eigenvalue weighted by atomic mass is 16.4. The molecule has 0 bridgehead atoms. The number of hydrogen-bond acceptors (Lipinski definition) is 6. The van der Waals surface area contributed by atoms with Crippen LogP contribution in [0.1, 0.15) is 77.6 Å². The van der Waals surface area contributed by atoms with Crippen molar-refractivity contribution in [3.63, 3.8) is 0 Å². The van der Waals surface area contributed by atoms with Crippen molar-refractivity contribution >= 4 is 0 Å². The standard InChI is InChI=1S/C51H46N4O2/c1-49(2,3)39-23-17-33(18-24-39)31-9-13-35(14-10-31)45-52-54-47(56-45)37-21-27-41-42-28-22-38(30-44(42)51(7,8)43(41)29-37)48-55-53-46(57-48)36-15-11-32(12-16-36)34-19-25-40(26-20-34)50(4,5)6/h9-30H,1-8H3. The second-order valence-corrected chi connectivity index (χ2v) is 17.8. The fraction of sp³-hybridized carbons (Fsp3) is 0.216. The van der Waals surface area contributed by atoms with E-state index in [0.717, 1.165) is 33.4 Å². The van der Waals surface area contributed by atoms with Gasteiger partial charge in [-0.25, -0.2) is 0 Å². The molecular weight excluding hydrogens is 701 g/mol. The van der Waals surface area contributed by atoms with Gasteiger partial charge in [0.25, 0.3) is 0 Å². The molecule has 0 radical (unpaired) electrons. The smallest absolute Gasteiger partial charge is 0.248 e. The molecule has 0 amide bonds. The summed E-state index contributed by atoms with van der Waals surface area (Å²) in [6, 6.07) is 47.0. The van der Waals surface area contributed by atoms with Gasteiger partial charge in [-0.3, -0.25) is 0 Å². The van der Waals surface area contributed by atoms with Crippen molar-refractivity contribution in [1.29, 1.82) is 0 Å². The number of fused-ring (bicyclic) bond motifs is 3. The maximum Gasteiger partial charge on any atom is 0.248 e. The van der Waals surface area contributed by atoms with E-state index in [-0.39, 0.29) is 16.2 Å². The van der Waals surface area contributed by atoms with E-state index in [1.165, 1.54) is 44.5 Å². The van der Waals surface area contributed by atoms with Gasteiger partial charge in [0.05, 0.1) is 0 Å². The Balaban J connectivity index is 0.920. The van der Waals surface area contributed by atoms with Crippen molar-refractivity contribution in [2.45, 2.75) is 71.6 Å². The van der Waals surface area contributed by atoms with E-state index in [2.05, 4.69) is 185 Å². The molecule has 6 nitrogen and oxygen atoms in total. The largest absolute Gasteiger partial charge is 0.416 e. The molecule has 6 aromatic carbocycles. The van der Waals surface area contributed by atoms with Crippen LogP contribution in [0.2, 0.25) is 0 Å². The normalized spacial score (nSPS) is 13.4. The number of hydrogen-bond donors (Lipinski definition) is 0. The fourth-order valence-corrected chi connectivity index (χ4v) is 7.85. The van der Waals surface area contributed by atoms with Gasteiger partial charge in [0, 0.05) is 27.7 Å². The van der Waals surface area contributed by atoms with Gasteiger partial charge >= 0.3 is 0 Å². The summed E-state index contributed by atoms with van der Waals surface area (Å²) >= 11 is 0. The summed E-state index contributed by atoms with van der Waals surface area (Å²) in [7, 11) is 0. The van der Waals surface area contributed by atoms with Gasteiger partial charge < -0.3 is 8.83 Å². The molecule has 0 unspecified atom stereocenters. The van der Waals surface area contributed by atoms with E-state index < -0.39 is 0 Å². The second kappa shape index (κ2) is 13.4. The summed E-state index contributed by atoms with van der Waals surface area (Å²) in [5.74, 6) is 1.97. The molecule has 282 valence electrons. The van der Waals surface area contributed by atoms with Crippen LogP contribution in [0.25, 0.3) is 79.2 Å². The van der Waals surface area contributed by atoms with E-state index in [4.69, 9.17) is 8.83 Å². The summed E-state index contributed by atoms with van der Waals surface area (Å²) in [6.45, 7) is 17.9. The molecule has 1 aliphatic carbocycles. The Morgan fingerprint density at radius 2 is 0.614 bits per heavy atom. The molecule has 9 rings (SSSR count). The molecule has 0 atom stereocenters. The molecule has 0 saturated heterocycles. The van der Waals surface area contributed by atoms with Crippen molar-refractivity contribution in [3.8, 4) is 79.2 Å². The van der Waals surface area contributed by atoms with Crippen molar-refractivity contribution in [2.75, 3.05) is 0 Å². The first-order chi connectivity index (χ1) is 27.2. The lowest BCUT2D eigenvalue weighted by molar-refractivity contribution is 0.584. The maximum absolute atomic E-state index is 6.27. The van der Waals surface area contributed by atoms with Crippen molar-refractivity contribution in [2.24, 2.45) is 0 Å². The zero-order chi connectivity index (χ0) is 39.7. The number of nitrogens with zero attached hydrogens (tertiary/aromatic N) is 4. The van der Waals surface area contributed by atoms with E-state index in [1.54, 1.807) is 0 Å². The zero-order valence-corrected chi connectivity index (χ0v) is 33.8. The Labute approximate surface area is 334 Å². The van der Waals surface area contributed by atoms with Crippen LogP contribution in [-0.2, 0) is 16.2 Å². The first kappa shape index (κ1) is 36.3. The van der Waals surface area contributed by atoms with Gasteiger partial charge in [-0.2, -0.15) is 0 Å². The predicted molar refractivity (Wildman–Crippen MR) is 230 cm³/mol. The van der Waals surface area contributed by atoms with E-state index in [9.17, 15) is 0 Å². The average Bonchev–Trinajstić information content (AvgIpc) is 3.96. The summed E-state index contributed by atoms with van der Waals surface area (Å²) in [5.41, 5.74) is 15.6. The number of aromatic nitrogens is 4. The Kier molecular flexibility index (Phi) is 8.50. The van der Waals surface area contributed by atoms with Gasteiger partial charge in [-0.1, -0.05) is 140 Å². The SMILES string of the molecule is CC(C)(C)c1ccc(-c2ccc(-c3nnc(-c4ccc5c(c4)C(C)(C)c4cc(-c6nnc(-c7ccc(-c8ccc(C(C)(C)C)cc8)cc7)o6)ccc4-5)o3)cc2)cc1. The van der Waals surface area contributed by atoms with Gasteiger partial charge in [-0.15, -0.1) is 20.4 Å². The van der Waals surface area contributed by atoms with Crippen molar-refractivity contribution in [3.05, 3.63) is 156 Å². The van der Waals surface area contributed by atoms with E-state index >= 15 is 0 Å². The van der Waals surface area contributed by atoms with Crippen LogP contribution < -0.4 is 0 Å². The van der Waals surface area contributed by atoms with Crippen molar-refractivity contribution < 1.29 is 8.83 Å². The first-order valence-corrected chi connectivity index (χ1v) is 19.6. The molecule has 0 N–H and O–H groups in total. The van der Waals surface area contributed by atoms with Crippen LogP contribution in [0, 0.1) is 0 Å². The molecule has 8 aromatic rings. The minimum Gasteiger partial charge on any atom is -0.416 e. The highest BCUT2D eigenvalue weighted by molar-refractivity contribution is 5.84.